The number of aromatic nitrogens is 1. The molecule has 7 nitrogen and oxygen atoms in total. The lowest BCUT2D eigenvalue weighted by molar-refractivity contribution is 0.0920. The van der Waals surface area contributed by atoms with Crippen LogP contribution in [-0.4, -0.2) is 49.7 Å². The molecule has 2 fully saturated rings. The Labute approximate surface area is 191 Å². The van der Waals surface area contributed by atoms with Crippen LogP contribution in [0.25, 0.3) is 10.2 Å². The molecule has 0 radical (unpaired) electrons. The predicted molar refractivity (Wildman–Crippen MR) is 128 cm³/mol. The first kappa shape index (κ1) is 19.8. The molecule has 0 bridgehead atoms. The highest BCUT2D eigenvalue weighted by molar-refractivity contribution is 7.21. The van der Waals surface area contributed by atoms with Crippen molar-refractivity contribution < 1.29 is 9.53 Å². The summed E-state index contributed by atoms with van der Waals surface area (Å²) in [4.78, 5) is 21.2. The second-order valence-electron chi connectivity index (χ2n) is 9.21. The lowest BCUT2D eigenvalue weighted by atomic mass is 10.0. The van der Waals surface area contributed by atoms with Crippen molar-refractivity contribution in [3.8, 4) is 5.75 Å². The normalized spacial score (nSPS) is 24.3. The van der Waals surface area contributed by atoms with Crippen LogP contribution in [0.5, 0.6) is 5.75 Å². The summed E-state index contributed by atoms with van der Waals surface area (Å²) in [6, 6.07) is 10.3. The number of rotatable bonds is 3. The fraction of sp³-hybridized carbons (Fsp3) is 0.417. The van der Waals surface area contributed by atoms with Crippen LogP contribution in [0, 0.1) is 18.8 Å². The zero-order chi connectivity index (χ0) is 21.8. The quantitative estimate of drug-likeness (QED) is 0.569. The number of nitrogen functional groups attached to an aromatic ring is 1. The molecule has 0 saturated carbocycles. The summed E-state index contributed by atoms with van der Waals surface area (Å²) in [5.74, 6) is 2.29. The third kappa shape index (κ3) is 3.38. The molecular weight excluding hydrogens is 422 g/mol. The molecule has 5 heterocycles. The van der Waals surface area contributed by atoms with Gasteiger partial charge in [0.05, 0.1) is 11.7 Å². The highest BCUT2D eigenvalue weighted by atomic mass is 32.1. The molecule has 2 saturated heterocycles. The number of ether oxygens (including phenoxy) is 1. The highest BCUT2D eigenvalue weighted by Crippen LogP contribution is 2.36. The zero-order valence-corrected chi connectivity index (χ0v) is 18.9. The Bertz CT molecular complexity index is 1200. The Morgan fingerprint density at radius 3 is 2.88 bits per heavy atom. The minimum Gasteiger partial charge on any atom is -0.491 e. The number of carbonyl (C=O) groups is 1. The summed E-state index contributed by atoms with van der Waals surface area (Å²) in [6.45, 7) is 6.87. The number of nitrogens with two attached hydrogens (primary N) is 1. The first-order chi connectivity index (χ1) is 15.5. The largest absolute Gasteiger partial charge is 0.491 e. The molecule has 3 aromatic rings. The first-order valence-corrected chi connectivity index (χ1v) is 12.0. The third-order valence-electron chi connectivity index (χ3n) is 6.99. The summed E-state index contributed by atoms with van der Waals surface area (Å²) >= 11 is 1.34. The Kier molecular flexibility index (Phi) is 4.73. The van der Waals surface area contributed by atoms with Crippen molar-refractivity contribution in [3.05, 3.63) is 46.5 Å². The second-order valence-corrected chi connectivity index (χ2v) is 10.2. The summed E-state index contributed by atoms with van der Waals surface area (Å²) in [7, 11) is 0. The van der Waals surface area contributed by atoms with E-state index in [0.717, 1.165) is 71.7 Å². The Morgan fingerprint density at radius 2 is 2.06 bits per heavy atom. The lowest BCUT2D eigenvalue weighted by Crippen LogP contribution is -2.42. The average molecular weight is 450 g/mol. The number of aryl methyl sites for hydroxylation is 1. The number of pyridine rings is 1. The van der Waals surface area contributed by atoms with Crippen molar-refractivity contribution in [1.82, 2.24) is 15.6 Å². The van der Waals surface area contributed by atoms with Crippen molar-refractivity contribution in [2.24, 2.45) is 11.8 Å². The van der Waals surface area contributed by atoms with Gasteiger partial charge in [-0.25, -0.2) is 4.98 Å². The summed E-state index contributed by atoms with van der Waals surface area (Å²) in [6.07, 6.45) is 0.749. The molecule has 166 valence electrons. The van der Waals surface area contributed by atoms with Crippen LogP contribution in [0.1, 0.15) is 20.9 Å². The van der Waals surface area contributed by atoms with Crippen LogP contribution in [0.3, 0.4) is 0 Å². The number of benzene rings is 1. The summed E-state index contributed by atoms with van der Waals surface area (Å²) < 4.78 is 6.08. The second kappa shape index (κ2) is 7.64. The Hall–Kier alpha value is -2.84. The van der Waals surface area contributed by atoms with Gasteiger partial charge in [-0.2, -0.15) is 0 Å². The topological polar surface area (TPSA) is 92.5 Å². The maximum atomic E-state index is 12.9. The van der Waals surface area contributed by atoms with Gasteiger partial charge in [-0.05, 0) is 48.9 Å². The van der Waals surface area contributed by atoms with E-state index in [-0.39, 0.29) is 11.9 Å². The molecule has 8 heteroatoms. The van der Waals surface area contributed by atoms with Crippen molar-refractivity contribution in [3.63, 3.8) is 0 Å². The molecule has 2 aromatic heterocycles. The zero-order valence-electron chi connectivity index (χ0n) is 18.1. The number of hydrogen-bond donors (Lipinski definition) is 3. The lowest BCUT2D eigenvalue weighted by Gasteiger charge is -2.28. The van der Waals surface area contributed by atoms with E-state index in [1.807, 2.05) is 19.1 Å². The summed E-state index contributed by atoms with van der Waals surface area (Å²) in [5, 5.41) is 7.44. The molecule has 0 spiro atoms. The molecule has 32 heavy (non-hydrogen) atoms. The van der Waals surface area contributed by atoms with Gasteiger partial charge in [-0.15, -0.1) is 11.3 Å². The van der Waals surface area contributed by atoms with Gasteiger partial charge in [-0.1, -0.05) is 6.07 Å². The number of carbonyl (C=O) groups excluding carboxylic acids is 1. The van der Waals surface area contributed by atoms with Crippen LogP contribution in [0.2, 0.25) is 0 Å². The molecule has 4 N–H and O–H groups in total. The molecule has 3 atom stereocenters. The molecule has 0 unspecified atom stereocenters. The number of amides is 1. The number of thiophene rings is 1. The SMILES string of the molecule is Cc1ccc2c(N)c(C(=O)N[C@H]3COc4cc(N5C[C@H]6CNC[C@@H]6C5)ccc4C3)sc2n1. The highest BCUT2D eigenvalue weighted by Gasteiger charge is 2.36. The molecule has 1 amide bonds. The van der Waals surface area contributed by atoms with Gasteiger partial charge in [0, 0.05) is 49.0 Å². The van der Waals surface area contributed by atoms with Gasteiger partial charge in [0.2, 0.25) is 0 Å². The van der Waals surface area contributed by atoms with Crippen molar-refractivity contribution in [1.29, 1.82) is 0 Å². The molecule has 1 aromatic carbocycles. The number of anilines is 2. The van der Waals surface area contributed by atoms with Gasteiger partial charge < -0.3 is 26.0 Å². The van der Waals surface area contributed by atoms with Gasteiger partial charge in [0.15, 0.2) is 0 Å². The monoisotopic (exact) mass is 449 g/mol. The predicted octanol–water partition coefficient (Wildman–Crippen LogP) is 2.58. The maximum absolute atomic E-state index is 12.9. The third-order valence-corrected chi connectivity index (χ3v) is 8.10. The van der Waals surface area contributed by atoms with Crippen LogP contribution >= 0.6 is 11.3 Å². The summed E-state index contributed by atoms with van der Waals surface area (Å²) in [5.41, 5.74) is 10.0. The standard InChI is InChI=1S/C24H27N5O2S/c1-13-2-5-19-21(25)22(32-24(19)27-13)23(30)28-17-6-14-3-4-18(7-20(14)31-12-17)29-10-15-8-26-9-16(15)11-29/h2-5,7,15-17,26H,6,8-12,25H2,1H3,(H,28,30)/t15-,16-,17-/m1/s1. The van der Waals surface area contributed by atoms with E-state index in [9.17, 15) is 4.79 Å². The van der Waals surface area contributed by atoms with E-state index in [0.29, 0.717) is 17.2 Å². The van der Waals surface area contributed by atoms with E-state index in [1.54, 1.807) is 0 Å². The van der Waals surface area contributed by atoms with E-state index in [2.05, 4.69) is 38.7 Å². The van der Waals surface area contributed by atoms with Crippen LogP contribution in [-0.2, 0) is 6.42 Å². The van der Waals surface area contributed by atoms with Crippen LogP contribution < -0.4 is 26.0 Å². The molecule has 3 aliphatic heterocycles. The molecule has 3 aliphatic rings. The maximum Gasteiger partial charge on any atom is 0.263 e. The minimum atomic E-state index is -0.158. The van der Waals surface area contributed by atoms with Gasteiger partial charge in [0.25, 0.3) is 5.91 Å². The number of hydrogen-bond acceptors (Lipinski definition) is 7. The van der Waals surface area contributed by atoms with E-state index >= 15 is 0 Å². The smallest absolute Gasteiger partial charge is 0.263 e. The van der Waals surface area contributed by atoms with Crippen molar-refractivity contribution >= 4 is 38.8 Å². The number of fused-ring (bicyclic) bond motifs is 3. The fourth-order valence-corrected chi connectivity index (χ4v) is 6.27. The first-order valence-electron chi connectivity index (χ1n) is 11.2. The molecule has 6 rings (SSSR count). The van der Waals surface area contributed by atoms with Gasteiger partial charge >= 0.3 is 0 Å². The Balaban J connectivity index is 1.15. The Morgan fingerprint density at radius 1 is 1.25 bits per heavy atom. The van der Waals surface area contributed by atoms with E-state index in [1.165, 1.54) is 17.0 Å². The van der Waals surface area contributed by atoms with Gasteiger partial charge in [0.1, 0.15) is 22.1 Å². The van der Waals surface area contributed by atoms with E-state index < -0.39 is 0 Å². The fourth-order valence-electron chi connectivity index (χ4n) is 5.23. The van der Waals surface area contributed by atoms with E-state index in [4.69, 9.17) is 10.5 Å². The molecule has 0 aliphatic carbocycles. The van der Waals surface area contributed by atoms with Crippen molar-refractivity contribution in [2.45, 2.75) is 19.4 Å². The van der Waals surface area contributed by atoms with Gasteiger partial charge in [-0.3, -0.25) is 4.79 Å². The van der Waals surface area contributed by atoms with Crippen LogP contribution in [0.4, 0.5) is 11.4 Å². The van der Waals surface area contributed by atoms with Crippen LogP contribution in [0.15, 0.2) is 30.3 Å². The van der Waals surface area contributed by atoms with Crippen molar-refractivity contribution in [2.75, 3.05) is 43.4 Å². The molecular formula is C24H27N5O2S. The number of nitrogens with one attached hydrogen (secondary N) is 2. The minimum absolute atomic E-state index is 0.0858. The number of nitrogens with zero attached hydrogens (tertiary/aromatic N) is 2. The average Bonchev–Trinajstić information content (AvgIpc) is 3.47.